The van der Waals surface area contributed by atoms with Gasteiger partial charge in [0.25, 0.3) is 0 Å². The SMILES string of the molecule is Cc1c(-c2ccc(F)cc2)nn(-c2ccc(Cl)cc2Cl)c1-c1ccc(F)cc1. The van der Waals surface area contributed by atoms with Crippen LogP contribution in [0.2, 0.25) is 10.0 Å². The van der Waals surface area contributed by atoms with Gasteiger partial charge in [0.1, 0.15) is 11.6 Å². The van der Waals surface area contributed by atoms with Crippen LogP contribution in [0.3, 0.4) is 0 Å². The van der Waals surface area contributed by atoms with Crippen molar-refractivity contribution in [3.63, 3.8) is 0 Å². The molecule has 1 aromatic heterocycles. The largest absolute Gasteiger partial charge is 0.231 e. The molecule has 4 aromatic rings. The number of halogens is 4. The van der Waals surface area contributed by atoms with Gasteiger partial charge in [-0.05, 0) is 73.7 Å². The first-order valence-corrected chi connectivity index (χ1v) is 9.26. The second-order valence-corrected chi connectivity index (χ2v) is 7.19. The topological polar surface area (TPSA) is 17.8 Å². The Balaban J connectivity index is 1.99. The zero-order chi connectivity index (χ0) is 19.8. The van der Waals surface area contributed by atoms with Gasteiger partial charge in [-0.15, -0.1) is 0 Å². The maximum Gasteiger partial charge on any atom is 0.123 e. The second-order valence-electron chi connectivity index (χ2n) is 6.34. The maximum absolute atomic E-state index is 13.4. The Morgan fingerprint density at radius 3 is 1.93 bits per heavy atom. The van der Waals surface area contributed by atoms with Crippen molar-refractivity contribution >= 4 is 23.2 Å². The van der Waals surface area contributed by atoms with Gasteiger partial charge in [0.15, 0.2) is 0 Å². The Kier molecular flexibility index (Phi) is 4.92. The molecule has 140 valence electrons. The summed E-state index contributed by atoms with van der Waals surface area (Å²) in [6.45, 7) is 1.92. The van der Waals surface area contributed by atoms with Crippen molar-refractivity contribution < 1.29 is 8.78 Å². The van der Waals surface area contributed by atoms with Crippen LogP contribution in [0, 0.1) is 18.6 Å². The van der Waals surface area contributed by atoms with E-state index in [1.165, 1.54) is 24.3 Å². The van der Waals surface area contributed by atoms with Crippen molar-refractivity contribution in [2.45, 2.75) is 6.92 Å². The Morgan fingerprint density at radius 1 is 0.786 bits per heavy atom. The molecule has 0 amide bonds. The van der Waals surface area contributed by atoms with Crippen molar-refractivity contribution in [3.8, 4) is 28.2 Å². The molecule has 0 aliphatic heterocycles. The molecule has 4 rings (SSSR count). The monoisotopic (exact) mass is 414 g/mol. The normalized spacial score (nSPS) is 11.0. The molecule has 28 heavy (non-hydrogen) atoms. The summed E-state index contributed by atoms with van der Waals surface area (Å²) in [5.41, 5.74) is 4.51. The fourth-order valence-corrected chi connectivity index (χ4v) is 3.64. The average Bonchev–Trinajstić information content (AvgIpc) is 3.00. The molecule has 0 radical (unpaired) electrons. The van der Waals surface area contributed by atoms with E-state index in [2.05, 4.69) is 0 Å². The standard InChI is InChI=1S/C22H14Cl2F2N2/c1-13-21(14-2-7-17(25)8-3-14)27-28(20-11-6-16(23)12-19(20)24)22(13)15-4-9-18(26)10-5-15/h2-12H,1H3. The molecule has 0 atom stereocenters. The molecule has 2 nitrogen and oxygen atoms in total. The minimum absolute atomic E-state index is 0.319. The number of hydrogen-bond acceptors (Lipinski definition) is 1. The third-order valence-electron chi connectivity index (χ3n) is 4.50. The van der Waals surface area contributed by atoms with E-state index >= 15 is 0 Å². The van der Waals surface area contributed by atoms with Crippen LogP contribution in [-0.2, 0) is 0 Å². The first-order valence-electron chi connectivity index (χ1n) is 8.51. The summed E-state index contributed by atoms with van der Waals surface area (Å²) >= 11 is 12.5. The highest BCUT2D eigenvalue weighted by molar-refractivity contribution is 6.35. The Hall–Kier alpha value is -2.69. The lowest BCUT2D eigenvalue weighted by atomic mass is 10.0. The highest BCUT2D eigenvalue weighted by Gasteiger charge is 2.20. The lowest BCUT2D eigenvalue weighted by Gasteiger charge is -2.10. The number of benzene rings is 3. The van der Waals surface area contributed by atoms with Crippen LogP contribution < -0.4 is 0 Å². The number of aromatic nitrogens is 2. The fourth-order valence-electron chi connectivity index (χ4n) is 3.15. The van der Waals surface area contributed by atoms with Crippen LogP contribution in [0.15, 0.2) is 66.7 Å². The van der Waals surface area contributed by atoms with E-state index < -0.39 is 0 Å². The summed E-state index contributed by atoms with van der Waals surface area (Å²) in [6, 6.07) is 17.4. The zero-order valence-corrected chi connectivity index (χ0v) is 16.3. The third kappa shape index (κ3) is 3.41. The van der Waals surface area contributed by atoms with Crippen LogP contribution in [-0.4, -0.2) is 9.78 Å². The maximum atomic E-state index is 13.4. The highest BCUT2D eigenvalue weighted by Crippen LogP contribution is 2.36. The van der Waals surface area contributed by atoms with Crippen LogP contribution >= 0.6 is 23.2 Å². The minimum atomic E-state index is -0.323. The minimum Gasteiger partial charge on any atom is -0.231 e. The summed E-state index contributed by atoms with van der Waals surface area (Å²) in [7, 11) is 0. The quantitative estimate of drug-likeness (QED) is 0.349. The lowest BCUT2D eigenvalue weighted by Crippen LogP contribution is -2.00. The molecule has 0 aliphatic rings. The number of hydrogen-bond donors (Lipinski definition) is 0. The van der Waals surface area contributed by atoms with E-state index in [1.807, 2.05) is 6.92 Å². The number of rotatable bonds is 3. The first-order chi connectivity index (χ1) is 13.4. The predicted molar refractivity (Wildman–Crippen MR) is 109 cm³/mol. The van der Waals surface area contributed by atoms with Crippen LogP contribution in [0.4, 0.5) is 8.78 Å². The molecule has 0 saturated heterocycles. The molecule has 0 unspecified atom stereocenters. The lowest BCUT2D eigenvalue weighted by molar-refractivity contribution is 0.627. The Morgan fingerprint density at radius 2 is 1.36 bits per heavy atom. The predicted octanol–water partition coefficient (Wildman–Crippen LogP) is 7.10. The summed E-state index contributed by atoms with van der Waals surface area (Å²) in [5.74, 6) is -0.643. The van der Waals surface area contributed by atoms with Gasteiger partial charge in [-0.2, -0.15) is 5.10 Å². The summed E-state index contributed by atoms with van der Waals surface area (Å²) in [6.07, 6.45) is 0. The summed E-state index contributed by atoms with van der Waals surface area (Å²) in [5, 5.41) is 5.69. The molecule has 0 aliphatic carbocycles. The molecule has 0 saturated carbocycles. The molecule has 3 aromatic carbocycles. The smallest absolute Gasteiger partial charge is 0.123 e. The molecule has 0 spiro atoms. The Labute approximate surface area is 171 Å². The first kappa shape index (κ1) is 18.7. The van der Waals surface area contributed by atoms with E-state index in [1.54, 1.807) is 47.1 Å². The van der Waals surface area contributed by atoms with Gasteiger partial charge in [0.2, 0.25) is 0 Å². The van der Waals surface area contributed by atoms with E-state index in [9.17, 15) is 8.78 Å². The molecule has 6 heteroatoms. The average molecular weight is 415 g/mol. The van der Waals surface area contributed by atoms with Crippen molar-refractivity contribution in [2.75, 3.05) is 0 Å². The Bertz CT molecular complexity index is 1150. The van der Waals surface area contributed by atoms with Gasteiger partial charge < -0.3 is 0 Å². The van der Waals surface area contributed by atoms with Crippen LogP contribution in [0.1, 0.15) is 5.56 Å². The molecule has 0 N–H and O–H groups in total. The van der Waals surface area contributed by atoms with Crippen molar-refractivity contribution in [1.82, 2.24) is 9.78 Å². The van der Waals surface area contributed by atoms with Gasteiger partial charge >= 0.3 is 0 Å². The number of nitrogens with zero attached hydrogens (tertiary/aromatic N) is 2. The fraction of sp³-hybridized carbons (Fsp3) is 0.0455. The van der Waals surface area contributed by atoms with Crippen molar-refractivity contribution in [1.29, 1.82) is 0 Å². The highest BCUT2D eigenvalue weighted by atomic mass is 35.5. The van der Waals surface area contributed by atoms with Gasteiger partial charge in [-0.25, -0.2) is 13.5 Å². The summed E-state index contributed by atoms with van der Waals surface area (Å²) in [4.78, 5) is 0. The third-order valence-corrected chi connectivity index (χ3v) is 5.03. The zero-order valence-electron chi connectivity index (χ0n) is 14.8. The van der Waals surface area contributed by atoms with E-state index in [0.29, 0.717) is 21.4 Å². The van der Waals surface area contributed by atoms with Crippen molar-refractivity contribution in [2.24, 2.45) is 0 Å². The van der Waals surface area contributed by atoms with Gasteiger partial charge in [-0.1, -0.05) is 23.2 Å². The van der Waals surface area contributed by atoms with Gasteiger partial charge in [-0.3, -0.25) is 0 Å². The van der Waals surface area contributed by atoms with Gasteiger partial charge in [0.05, 0.1) is 22.1 Å². The molecule has 0 fully saturated rings. The molecule has 1 heterocycles. The molecular formula is C22H14Cl2F2N2. The van der Waals surface area contributed by atoms with Crippen LogP contribution in [0.5, 0.6) is 0 Å². The van der Waals surface area contributed by atoms with Gasteiger partial charge in [0, 0.05) is 21.7 Å². The van der Waals surface area contributed by atoms with E-state index in [4.69, 9.17) is 28.3 Å². The van der Waals surface area contributed by atoms with E-state index in [-0.39, 0.29) is 11.6 Å². The van der Waals surface area contributed by atoms with E-state index in [0.717, 1.165) is 22.4 Å². The molecule has 0 bridgehead atoms. The second kappa shape index (κ2) is 7.38. The van der Waals surface area contributed by atoms with Crippen LogP contribution in [0.25, 0.3) is 28.2 Å². The summed E-state index contributed by atoms with van der Waals surface area (Å²) < 4.78 is 28.5. The van der Waals surface area contributed by atoms with Crippen molar-refractivity contribution in [3.05, 3.63) is 94.0 Å². The molecular weight excluding hydrogens is 401 g/mol.